The highest BCUT2D eigenvalue weighted by atomic mass is 32.2. The Hall–Kier alpha value is -1.81. The summed E-state index contributed by atoms with van der Waals surface area (Å²) in [5.41, 5.74) is 0.697. The molecule has 0 aromatic heterocycles. The first-order valence-corrected chi connectivity index (χ1v) is 10.7. The van der Waals surface area contributed by atoms with Gasteiger partial charge in [-0.05, 0) is 37.1 Å². The van der Waals surface area contributed by atoms with Gasteiger partial charge in [0.2, 0.25) is 6.10 Å². The topological polar surface area (TPSA) is 83.9 Å². The van der Waals surface area contributed by atoms with Crippen LogP contribution in [0.5, 0.6) is 0 Å². The van der Waals surface area contributed by atoms with Crippen molar-refractivity contribution in [2.45, 2.75) is 51.8 Å². The SMILES string of the molecule is CCCCN(CCCC)c1ccc(C(=O)OC(CS(=O)(=O)O)C(F)(F)F)cc1. The van der Waals surface area contributed by atoms with Crippen molar-refractivity contribution in [1.82, 2.24) is 0 Å². The van der Waals surface area contributed by atoms with Crippen LogP contribution in [-0.2, 0) is 14.9 Å². The van der Waals surface area contributed by atoms with Gasteiger partial charge in [-0.3, -0.25) is 4.55 Å². The summed E-state index contributed by atoms with van der Waals surface area (Å²) < 4.78 is 73.1. The van der Waals surface area contributed by atoms with E-state index in [2.05, 4.69) is 23.5 Å². The van der Waals surface area contributed by atoms with E-state index in [1.807, 2.05) is 0 Å². The molecule has 10 heteroatoms. The highest BCUT2D eigenvalue weighted by molar-refractivity contribution is 7.85. The van der Waals surface area contributed by atoms with Crippen molar-refractivity contribution in [2.75, 3.05) is 23.7 Å². The molecule has 0 saturated heterocycles. The highest BCUT2D eigenvalue weighted by Crippen LogP contribution is 2.25. The minimum absolute atomic E-state index is 0.140. The Bertz CT molecular complexity index is 712. The van der Waals surface area contributed by atoms with E-state index in [0.29, 0.717) is 0 Å². The third kappa shape index (κ3) is 8.47. The zero-order chi connectivity index (χ0) is 21.4. The number of rotatable bonds is 11. The van der Waals surface area contributed by atoms with Crippen molar-refractivity contribution in [3.63, 3.8) is 0 Å². The molecule has 0 heterocycles. The molecule has 0 spiro atoms. The third-order valence-electron chi connectivity index (χ3n) is 4.01. The zero-order valence-electron chi connectivity index (χ0n) is 15.9. The van der Waals surface area contributed by atoms with Gasteiger partial charge in [0.15, 0.2) is 0 Å². The fourth-order valence-corrected chi connectivity index (χ4v) is 3.10. The molecule has 1 aromatic carbocycles. The van der Waals surface area contributed by atoms with Crippen molar-refractivity contribution >= 4 is 21.8 Å². The molecule has 28 heavy (non-hydrogen) atoms. The lowest BCUT2D eigenvalue weighted by Gasteiger charge is -2.25. The van der Waals surface area contributed by atoms with Crippen molar-refractivity contribution in [1.29, 1.82) is 0 Å². The quantitative estimate of drug-likeness (QED) is 0.425. The van der Waals surface area contributed by atoms with Crippen LogP contribution in [-0.4, -0.2) is 50.1 Å². The first-order valence-electron chi connectivity index (χ1n) is 9.05. The summed E-state index contributed by atoms with van der Waals surface area (Å²) in [5, 5.41) is 0. The molecule has 0 fully saturated rings. The maximum atomic E-state index is 12.9. The number of alkyl halides is 3. The van der Waals surface area contributed by atoms with Gasteiger partial charge >= 0.3 is 12.1 Å². The molecule has 1 atom stereocenters. The second-order valence-electron chi connectivity index (χ2n) is 6.43. The molecule has 0 radical (unpaired) electrons. The van der Waals surface area contributed by atoms with E-state index in [1.165, 1.54) is 12.1 Å². The Kier molecular flexibility index (Phi) is 9.22. The molecule has 0 aliphatic heterocycles. The maximum Gasteiger partial charge on any atom is 0.426 e. The van der Waals surface area contributed by atoms with E-state index in [1.54, 1.807) is 12.1 Å². The summed E-state index contributed by atoms with van der Waals surface area (Å²) in [4.78, 5) is 14.1. The second-order valence-corrected chi connectivity index (χ2v) is 7.92. The molecule has 0 saturated carbocycles. The number of benzene rings is 1. The molecular weight excluding hydrogens is 399 g/mol. The van der Waals surface area contributed by atoms with Crippen LogP contribution >= 0.6 is 0 Å². The molecule has 0 aliphatic rings. The summed E-state index contributed by atoms with van der Waals surface area (Å²) in [5.74, 6) is -3.06. The Morgan fingerprint density at radius 2 is 1.61 bits per heavy atom. The summed E-state index contributed by atoms with van der Waals surface area (Å²) in [6, 6.07) is 5.91. The molecule has 160 valence electrons. The van der Waals surface area contributed by atoms with Gasteiger partial charge in [0.05, 0.1) is 5.56 Å². The third-order valence-corrected chi connectivity index (χ3v) is 4.73. The number of carbonyl (C=O) groups excluding carboxylic acids is 1. The van der Waals surface area contributed by atoms with Gasteiger partial charge in [0.1, 0.15) is 5.75 Å². The minimum Gasteiger partial charge on any atom is -0.448 e. The molecule has 1 aromatic rings. The van der Waals surface area contributed by atoms with Gasteiger partial charge in [-0.1, -0.05) is 26.7 Å². The van der Waals surface area contributed by atoms with E-state index < -0.39 is 34.1 Å². The van der Waals surface area contributed by atoms with Gasteiger partial charge in [-0.25, -0.2) is 4.79 Å². The maximum absolute atomic E-state index is 12.9. The van der Waals surface area contributed by atoms with Gasteiger partial charge in [0.25, 0.3) is 10.1 Å². The minimum atomic E-state index is -5.12. The molecule has 0 bridgehead atoms. The molecule has 0 amide bonds. The van der Waals surface area contributed by atoms with Crippen LogP contribution in [0.15, 0.2) is 24.3 Å². The van der Waals surface area contributed by atoms with Crippen molar-refractivity contribution < 1.29 is 35.7 Å². The molecule has 0 aliphatic carbocycles. The Balaban J connectivity index is 2.91. The molecule has 1 N–H and O–H groups in total. The fourth-order valence-electron chi connectivity index (χ4n) is 2.46. The largest absolute Gasteiger partial charge is 0.448 e. The second kappa shape index (κ2) is 10.7. The Labute approximate surface area is 163 Å². The van der Waals surface area contributed by atoms with Crippen LogP contribution in [0, 0.1) is 0 Å². The highest BCUT2D eigenvalue weighted by Gasteiger charge is 2.45. The average Bonchev–Trinajstić information content (AvgIpc) is 2.59. The van der Waals surface area contributed by atoms with Crippen LogP contribution in [0.3, 0.4) is 0 Å². The standard InChI is InChI=1S/C18H26F3NO5S/c1-3-5-11-22(12-6-4-2)15-9-7-14(8-10-15)17(23)27-16(18(19,20)21)13-28(24,25)26/h7-10,16H,3-6,11-13H2,1-2H3,(H,24,25,26). The van der Waals surface area contributed by atoms with Crippen LogP contribution < -0.4 is 4.90 Å². The summed E-state index contributed by atoms with van der Waals surface area (Å²) in [7, 11) is -4.97. The predicted molar refractivity (Wildman–Crippen MR) is 100 cm³/mol. The molecular formula is C18H26F3NO5S. The summed E-state index contributed by atoms with van der Waals surface area (Å²) in [6.07, 6.45) is -4.07. The van der Waals surface area contributed by atoms with E-state index in [9.17, 15) is 26.4 Å². The number of ether oxygens (including phenoxy) is 1. The van der Waals surface area contributed by atoms with E-state index >= 15 is 0 Å². The number of unbranched alkanes of at least 4 members (excludes halogenated alkanes) is 2. The van der Waals surface area contributed by atoms with Gasteiger partial charge in [0, 0.05) is 18.8 Å². The van der Waals surface area contributed by atoms with Crippen LogP contribution in [0.4, 0.5) is 18.9 Å². The van der Waals surface area contributed by atoms with Crippen molar-refractivity contribution in [3.05, 3.63) is 29.8 Å². The molecule has 6 nitrogen and oxygen atoms in total. The Morgan fingerprint density at radius 3 is 2.00 bits per heavy atom. The lowest BCUT2D eigenvalue weighted by Crippen LogP contribution is -2.39. The van der Waals surface area contributed by atoms with Crippen LogP contribution in [0.25, 0.3) is 0 Å². The van der Waals surface area contributed by atoms with Crippen molar-refractivity contribution in [2.24, 2.45) is 0 Å². The number of hydrogen-bond donors (Lipinski definition) is 1. The fraction of sp³-hybridized carbons (Fsp3) is 0.611. The van der Waals surface area contributed by atoms with E-state index in [-0.39, 0.29) is 5.56 Å². The van der Waals surface area contributed by atoms with Gasteiger partial charge in [-0.15, -0.1) is 0 Å². The van der Waals surface area contributed by atoms with Crippen LogP contribution in [0.2, 0.25) is 0 Å². The normalized spacial score (nSPS) is 13.2. The lowest BCUT2D eigenvalue weighted by molar-refractivity contribution is -0.197. The predicted octanol–water partition coefficient (Wildman–Crippen LogP) is 4.07. The van der Waals surface area contributed by atoms with Crippen LogP contribution in [0.1, 0.15) is 49.9 Å². The number of nitrogens with zero attached hydrogens (tertiary/aromatic N) is 1. The summed E-state index contributed by atoms with van der Waals surface area (Å²) in [6.45, 7) is 5.79. The molecule has 1 rings (SSSR count). The smallest absolute Gasteiger partial charge is 0.426 e. The first-order chi connectivity index (χ1) is 13.0. The number of halogens is 3. The van der Waals surface area contributed by atoms with E-state index in [0.717, 1.165) is 44.5 Å². The summed E-state index contributed by atoms with van der Waals surface area (Å²) >= 11 is 0. The average molecular weight is 425 g/mol. The Morgan fingerprint density at radius 1 is 1.11 bits per heavy atom. The van der Waals surface area contributed by atoms with Gasteiger partial charge < -0.3 is 9.64 Å². The number of esters is 1. The molecule has 1 unspecified atom stereocenters. The van der Waals surface area contributed by atoms with Gasteiger partial charge in [-0.2, -0.15) is 21.6 Å². The monoisotopic (exact) mass is 425 g/mol. The number of hydrogen-bond acceptors (Lipinski definition) is 5. The lowest BCUT2D eigenvalue weighted by atomic mass is 10.1. The number of carbonyl (C=O) groups is 1. The first kappa shape index (κ1) is 24.2. The van der Waals surface area contributed by atoms with Crippen molar-refractivity contribution in [3.8, 4) is 0 Å². The number of anilines is 1. The zero-order valence-corrected chi connectivity index (χ0v) is 16.7. The van der Waals surface area contributed by atoms with E-state index in [4.69, 9.17) is 4.55 Å².